The van der Waals surface area contributed by atoms with Gasteiger partial charge in [-0.25, -0.2) is 4.79 Å². The van der Waals surface area contributed by atoms with Crippen LogP contribution in [-0.4, -0.2) is 16.6 Å². The van der Waals surface area contributed by atoms with Crippen molar-refractivity contribution in [1.82, 2.24) is 4.57 Å². The molecule has 1 heterocycles. The minimum absolute atomic E-state index is 0.461. The van der Waals surface area contributed by atoms with Gasteiger partial charge >= 0.3 is 0 Å². The van der Waals surface area contributed by atoms with Crippen LogP contribution >= 0.6 is 0 Å². The molecule has 4 nitrogen and oxygen atoms in total. The highest BCUT2D eigenvalue weighted by atomic mass is 16.2. The molecule has 0 aromatic carbocycles. The summed E-state index contributed by atoms with van der Waals surface area (Å²) < 4.78 is 1.87. The first-order valence-electron chi connectivity index (χ1n) is 3.83. The lowest BCUT2D eigenvalue weighted by atomic mass is 10.2. The molecule has 0 aliphatic carbocycles. The van der Waals surface area contributed by atoms with E-state index in [0.717, 1.165) is 11.4 Å². The van der Waals surface area contributed by atoms with Crippen molar-refractivity contribution in [3.05, 3.63) is 23.0 Å². The van der Waals surface area contributed by atoms with E-state index in [0.29, 0.717) is 5.56 Å². The van der Waals surface area contributed by atoms with Gasteiger partial charge in [0, 0.05) is 18.4 Å². The second kappa shape index (κ2) is 3.37. The van der Waals surface area contributed by atoms with E-state index in [-0.39, 0.29) is 0 Å². The second-order valence-electron chi connectivity index (χ2n) is 2.85. The van der Waals surface area contributed by atoms with Gasteiger partial charge in [0.15, 0.2) is 0 Å². The zero-order chi connectivity index (χ0) is 10.0. The number of carbonyl (C=O) groups is 1. The molecule has 0 spiro atoms. The lowest BCUT2D eigenvalue weighted by Crippen LogP contribution is -1.98. The highest BCUT2D eigenvalue weighted by molar-refractivity contribution is 5.98. The highest BCUT2D eigenvalue weighted by Gasteiger charge is 2.12. The number of hydrogen-bond donors (Lipinski definition) is 0. The fourth-order valence-electron chi connectivity index (χ4n) is 1.17. The van der Waals surface area contributed by atoms with Gasteiger partial charge in [0.1, 0.15) is 0 Å². The van der Waals surface area contributed by atoms with Crippen LogP contribution < -0.4 is 0 Å². The van der Waals surface area contributed by atoms with Crippen molar-refractivity contribution in [3.63, 3.8) is 0 Å². The largest absolute Gasteiger partial charge is 0.351 e. The Hall–Kier alpha value is -1.67. The lowest BCUT2D eigenvalue weighted by Gasteiger charge is -1.98. The molecule has 0 atom stereocenters. The van der Waals surface area contributed by atoms with Crippen molar-refractivity contribution in [2.75, 3.05) is 0 Å². The number of rotatable bonds is 1. The molecule has 0 N–H and O–H groups in total. The maximum atomic E-state index is 11.2. The van der Waals surface area contributed by atoms with Crippen LogP contribution in [0.15, 0.2) is 11.1 Å². The molecular formula is C9H10N2O2. The summed E-state index contributed by atoms with van der Waals surface area (Å²) in [7, 11) is 1.85. The summed E-state index contributed by atoms with van der Waals surface area (Å²) in [4.78, 5) is 24.1. The van der Waals surface area contributed by atoms with E-state index in [4.69, 9.17) is 0 Å². The molecule has 1 amide bonds. The predicted molar refractivity (Wildman–Crippen MR) is 47.3 cm³/mol. The van der Waals surface area contributed by atoms with Crippen molar-refractivity contribution in [3.8, 4) is 0 Å². The first kappa shape index (κ1) is 9.42. The molecule has 1 aromatic rings. The van der Waals surface area contributed by atoms with E-state index in [1.54, 1.807) is 13.0 Å². The van der Waals surface area contributed by atoms with Gasteiger partial charge in [-0.1, -0.05) is 0 Å². The Bertz CT molecular complexity index is 398. The topological polar surface area (TPSA) is 51.4 Å². The van der Waals surface area contributed by atoms with Crippen molar-refractivity contribution in [2.24, 2.45) is 12.0 Å². The Morgan fingerprint density at radius 1 is 1.54 bits per heavy atom. The first-order valence-corrected chi connectivity index (χ1v) is 3.83. The average molecular weight is 178 g/mol. The smallest absolute Gasteiger partial charge is 0.289 e. The molecule has 0 unspecified atom stereocenters. The van der Waals surface area contributed by atoms with E-state index < -0.39 is 5.91 Å². The summed E-state index contributed by atoms with van der Waals surface area (Å²) in [5.41, 5.74) is 2.23. The molecule has 0 radical (unpaired) electrons. The molecular weight excluding hydrogens is 168 g/mol. The number of hydrogen-bond acceptors (Lipinski definition) is 2. The molecule has 1 rings (SSSR count). The van der Waals surface area contributed by atoms with Crippen molar-refractivity contribution in [1.29, 1.82) is 0 Å². The van der Waals surface area contributed by atoms with Crippen molar-refractivity contribution in [2.45, 2.75) is 13.8 Å². The molecule has 0 saturated heterocycles. The molecule has 68 valence electrons. The Kier molecular flexibility index (Phi) is 2.44. The third-order valence-corrected chi connectivity index (χ3v) is 2.15. The SMILES string of the molecule is Cc1cc(C(=O)N=C=O)c(C)n1C. The standard InChI is InChI=1S/C9H10N2O2/c1-6-4-8(7(2)11(6)3)9(13)10-5-12/h4H,1-3H3. The fraction of sp³-hybridized carbons (Fsp3) is 0.333. The maximum Gasteiger partial charge on any atom is 0.289 e. The van der Waals surface area contributed by atoms with Gasteiger partial charge in [0.25, 0.3) is 5.91 Å². The molecule has 1 aromatic heterocycles. The van der Waals surface area contributed by atoms with Crippen molar-refractivity contribution < 1.29 is 9.59 Å². The van der Waals surface area contributed by atoms with Crippen LogP contribution in [0.2, 0.25) is 0 Å². The molecule has 4 heteroatoms. The predicted octanol–water partition coefficient (Wildman–Crippen LogP) is 1.12. The number of carbonyl (C=O) groups excluding carboxylic acids is 2. The highest BCUT2D eigenvalue weighted by Crippen LogP contribution is 2.13. The van der Waals surface area contributed by atoms with Gasteiger partial charge < -0.3 is 4.57 Å². The summed E-state index contributed by atoms with van der Waals surface area (Å²) >= 11 is 0. The minimum Gasteiger partial charge on any atom is -0.351 e. The van der Waals surface area contributed by atoms with Crippen molar-refractivity contribution >= 4 is 12.0 Å². The Morgan fingerprint density at radius 2 is 2.15 bits per heavy atom. The van der Waals surface area contributed by atoms with Crippen LogP contribution in [0.5, 0.6) is 0 Å². The number of aliphatic imine (C=N–C) groups is 1. The van der Waals surface area contributed by atoms with Crippen LogP contribution in [0.3, 0.4) is 0 Å². The lowest BCUT2D eigenvalue weighted by molar-refractivity contribution is 0.100. The summed E-state index contributed by atoms with van der Waals surface area (Å²) in [6, 6.07) is 1.71. The zero-order valence-electron chi connectivity index (χ0n) is 7.79. The van der Waals surface area contributed by atoms with E-state index in [1.165, 1.54) is 6.08 Å². The molecule has 0 aliphatic rings. The van der Waals surface area contributed by atoms with E-state index >= 15 is 0 Å². The zero-order valence-corrected chi connectivity index (χ0v) is 7.79. The summed E-state index contributed by atoms with van der Waals surface area (Å²) in [5, 5.41) is 0. The monoisotopic (exact) mass is 178 g/mol. The van der Waals surface area contributed by atoms with Gasteiger partial charge in [-0.15, -0.1) is 4.99 Å². The maximum absolute atomic E-state index is 11.2. The molecule has 0 saturated carbocycles. The molecule has 0 bridgehead atoms. The normalized spacial score (nSPS) is 9.46. The first-order chi connectivity index (χ1) is 6.07. The molecule has 13 heavy (non-hydrogen) atoms. The van der Waals surface area contributed by atoms with E-state index in [9.17, 15) is 9.59 Å². The Morgan fingerprint density at radius 3 is 2.54 bits per heavy atom. The van der Waals surface area contributed by atoms with Gasteiger partial charge in [0.05, 0.1) is 5.56 Å². The van der Waals surface area contributed by atoms with Crippen LogP contribution in [0, 0.1) is 13.8 Å². The second-order valence-corrected chi connectivity index (χ2v) is 2.85. The van der Waals surface area contributed by atoms with Crippen LogP contribution in [-0.2, 0) is 11.8 Å². The number of isocyanates is 1. The van der Waals surface area contributed by atoms with E-state index in [1.807, 2.05) is 18.5 Å². The summed E-state index contributed by atoms with van der Waals surface area (Å²) in [6.07, 6.45) is 1.24. The number of amides is 1. The van der Waals surface area contributed by atoms with Gasteiger partial charge in [-0.2, -0.15) is 0 Å². The van der Waals surface area contributed by atoms with Crippen LogP contribution in [0.25, 0.3) is 0 Å². The fourth-order valence-corrected chi connectivity index (χ4v) is 1.17. The quantitative estimate of drug-likeness (QED) is 0.478. The molecule has 0 fully saturated rings. The third kappa shape index (κ3) is 1.58. The number of aromatic nitrogens is 1. The Labute approximate surface area is 75.9 Å². The van der Waals surface area contributed by atoms with Gasteiger partial charge in [0.2, 0.25) is 6.08 Å². The van der Waals surface area contributed by atoms with Crippen LogP contribution in [0.4, 0.5) is 0 Å². The average Bonchev–Trinajstić information content (AvgIpc) is 2.33. The minimum atomic E-state index is -0.531. The number of aryl methyl sites for hydroxylation is 1. The summed E-state index contributed by atoms with van der Waals surface area (Å²) in [5.74, 6) is -0.531. The third-order valence-electron chi connectivity index (χ3n) is 2.15. The molecule has 0 aliphatic heterocycles. The number of nitrogens with zero attached hydrogens (tertiary/aromatic N) is 2. The van der Waals surface area contributed by atoms with Crippen LogP contribution in [0.1, 0.15) is 21.7 Å². The van der Waals surface area contributed by atoms with E-state index in [2.05, 4.69) is 4.99 Å². The van der Waals surface area contributed by atoms with Gasteiger partial charge in [-0.05, 0) is 19.9 Å². The Balaban J connectivity index is 3.23. The van der Waals surface area contributed by atoms with Gasteiger partial charge in [-0.3, -0.25) is 4.79 Å². The summed E-state index contributed by atoms with van der Waals surface area (Å²) in [6.45, 7) is 3.69.